The molecule has 9 heteroatoms. The molecular weight excluding hydrogens is 346 g/mol. The van der Waals surface area contributed by atoms with Crippen LogP contribution in [0.25, 0.3) is 10.9 Å². The molecule has 0 unspecified atom stereocenters. The number of nitrogens with zero attached hydrogens (tertiary/aromatic N) is 4. The maximum atomic E-state index is 12.4. The molecule has 130 valence electrons. The number of aromatic nitrogens is 4. The molecule has 1 aromatic carbocycles. The molecule has 0 aliphatic heterocycles. The van der Waals surface area contributed by atoms with Crippen molar-refractivity contribution in [1.29, 1.82) is 0 Å². The molecular formula is C16H16ClN5O3. The quantitative estimate of drug-likeness (QED) is 0.704. The van der Waals surface area contributed by atoms with E-state index in [4.69, 9.17) is 16.3 Å². The molecule has 25 heavy (non-hydrogen) atoms. The van der Waals surface area contributed by atoms with Gasteiger partial charge in [0.25, 0.3) is 0 Å². The number of aryl methyl sites for hydroxylation is 1. The first kappa shape index (κ1) is 17.0. The summed E-state index contributed by atoms with van der Waals surface area (Å²) in [4.78, 5) is 28.1. The van der Waals surface area contributed by atoms with E-state index in [9.17, 15) is 9.59 Å². The average molecular weight is 362 g/mol. The molecule has 0 fully saturated rings. The molecule has 2 aromatic heterocycles. The van der Waals surface area contributed by atoms with Crippen LogP contribution in [0, 0.1) is 0 Å². The normalized spacial score (nSPS) is 10.8. The van der Waals surface area contributed by atoms with Crippen molar-refractivity contribution in [2.45, 2.75) is 13.5 Å². The van der Waals surface area contributed by atoms with E-state index in [-0.39, 0.29) is 24.9 Å². The van der Waals surface area contributed by atoms with E-state index in [0.29, 0.717) is 16.2 Å². The predicted octanol–water partition coefficient (Wildman–Crippen LogP) is 2.24. The van der Waals surface area contributed by atoms with Crippen LogP contribution in [0.4, 0.5) is 5.82 Å². The first-order valence-corrected chi connectivity index (χ1v) is 7.98. The van der Waals surface area contributed by atoms with Crippen LogP contribution < -0.4 is 5.32 Å². The number of rotatable bonds is 5. The molecule has 8 nitrogen and oxygen atoms in total. The molecule has 3 aromatic rings. The van der Waals surface area contributed by atoms with Gasteiger partial charge in [-0.15, -0.1) is 0 Å². The van der Waals surface area contributed by atoms with E-state index in [2.05, 4.69) is 15.4 Å². The van der Waals surface area contributed by atoms with Gasteiger partial charge < -0.3 is 14.6 Å². The fraction of sp³-hybridized carbons (Fsp3) is 0.250. The number of hydrogen-bond acceptors (Lipinski definition) is 5. The van der Waals surface area contributed by atoms with Crippen LogP contribution in [0.5, 0.6) is 0 Å². The van der Waals surface area contributed by atoms with Crippen LogP contribution in [0.2, 0.25) is 5.02 Å². The summed E-state index contributed by atoms with van der Waals surface area (Å²) in [5.74, 6) is -0.498. The Hall–Kier alpha value is -2.87. The molecule has 0 atom stereocenters. The van der Waals surface area contributed by atoms with Gasteiger partial charge in [0.1, 0.15) is 6.54 Å². The summed E-state index contributed by atoms with van der Waals surface area (Å²) in [5.41, 5.74) is 0.803. The Morgan fingerprint density at radius 3 is 2.92 bits per heavy atom. The van der Waals surface area contributed by atoms with Crippen LogP contribution in [-0.4, -0.2) is 37.8 Å². The molecule has 1 N–H and O–H groups in total. The topological polar surface area (TPSA) is 91.0 Å². The van der Waals surface area contributed by atoms with Gasteiger partial charge in [-0.25, -0.2) is 9.78 Å². The van der Waals surface area contributed by atoms with E-state index in [1.54, 1.807) is 24.7 Å². The summed E-state index contributed by atoms with van der Waals surface area (Å²) < 4.78 is 7.97. The number of esters is 1. The number of carbonyl (C=O) groups excluding carboxylic acids is 2. The lowest BCUT2D eigenvalue weighted by Crippen LogP contribution is -2.22. The SMILES string of the molecule is CCOC(=O)c1nccn1CC(=O)Nc1nn(C)c2cccc(Cl)c12. The number of nitrogens with one attached hydrogen (secondary N) is 1. The summed E-state index contributed by atoms with van der Waals surface area (Å²) in [6, 6.07) is 5.41. The zero-order valence-electron chi connectivity index (χ0n) is 13.7. The number of benzene rings is 1. The first-order chi connectivity index (χ1) is 12.0. The molecule has 0 saturated heterocycles. The van der Waals surface area contributed by atoms with Gasteiger partial charge in [0.05, 0.1) is 22.5 Å². The maximum Gasteiger partial charge on any atom is 0.374 e. The van der Waals surface area contributed by atoms with Gasteiger partial charge in [0.2, 0.25) is 11.7 Å². The van der Waals surface area contributed by atoms with Crippen molar-refractivity contribution in [3.05, 3.63) is 41.4 Å². The Balaban J connectivity index is 1.81. The lowest BCUT2D eigenvalue weighted by Gasteiger charge is -2.07. The van der Waals surface area contributed by atoms with Crippen LogP contribution in [-0.2, 0) is 23.1 Å². The number of amides is 1. The third kappa shape index (κ3) is 3.34. The van der Waals surface area contributed by atoms with Gasteiger partial charge in [-0.1, -0.05) is 17.7 Å². The smallest absolute Gasteiger partial charge is 0.374 e. The molecule has 1 amide bonds. The van der Waals surface area contributed by atoms with Crippen molar-refractivity contribution in [3.63, 3.8) is 0 Å². The highest BCUT2D eigenvalue weighted by Crippen LogP contribution is 2.29. The van der Waals surface area contributed by atoms with Gasteiger partial charge in [0.15, 0.2) is 5.82 Å². The van der Waals surface area contributed by atoms with E-state index < -0.39 is 5.97 Å². The second-order valence-corrected chi connectivity index (χ2v) is 5.66. The number of hydrogen-bond donors (Lipinski definition) is 1. The highest BCUT2D eigenvalue weighted by Gasteiger charge is 2.18. The van der Waals surface area contributed by atoms with Crippen molar-refractivity contribution < 1.29 is 14.3 Å². The fourth-order valence-corrected chi connectivity index (χ4v) is 2.77. The molecule has 0 aliphatic carbocycles. The first-order valence-electron chi connectivity index (χ1n) is 7.60. The van der Waals surface area contributed by atoms with Gasteiger partial charge in [-0.05, 0) is 19.1 Å². The highest BCUT2D eigenvalue weighted by molar-refractivity contribution is 6.36. The third-order valence-electron chi connectivity index (χ3n) is 3.57. The third-order valence-corrected chi connectivity index (χ3v) is 3.89. The monoisotopic (exact) mass is 361 g/mol. The number of carbonyl (C=O) groups is 2. The Morgan fingerprint density at radius 1 is 1.36 bits per heavy atom. The van der Waals surface area contributed by atoms with Crippen molar-refractivity contribution in [2.75, 3.05) is 11.9 Å². The molecule has 0 radical (unpaired) electrons. The molecule has 3 rings (SSSR count). The number of anilines is 1. The van der Waals surface area contributed by atoms with Gasteiger partial charge in [-0.3, -0.25) is 9.48 Å². The van der Waals surface area contributed by atoms with Crippen LogP contribution >= 0.6 is 11.6 Å². The number of ether oxygens (including phenoxy) is 1. The minimum atomic E-state index is -0.577. The van der Waals surface area contributed by atoms with Gasteiger partial charge >= 0.3 is 5.97 Å². The molecule has 0 spiro atoms. The van der Waals surface area contributed by atoms with Crippen molar-refractivity contribution in [1.82, 2.24) is 19.3 Å². The van der Waals surface area contributed by atoms with Crippen LogP contribution in [0.3, 0.4) is 0 Å². The lowest BCUT2D eigenvalue weighted by atomic mass is 10.2. The number of fused-ring (bicyclic) bond motifs is 1. The fourth-order valence-electron chi connectivity index (χ4n) is 2.51. The molecule has 2 heterocycles. The lowest BCUT2D eigenvalue weighted by molar-refractivity contribution is -0.116. The van der Waals surface area contributed by atoms with Crippen molar-refractivity contribution >= 4 is 40.2 Å². The second-order valence-electron chi connectivity index (χ2n) is 5.25. The number of imidazole rings is 1. The van der Waals surface area contributed by atoms with E-state index in [1.807, 2.05) is 12.1 Å². The summed E-state index contributed by atoms with van der Waals surface area (Å²) in [6.45, 7) is 1.83. The molecule has 0 saturated carbocycles. The predicted molar refractivity (Wildman–Crippen MR) is 92.5 cm³/mol. The zero-order chi connectivity index (χ0) is 18.0. The summed E-state index contributed by atoms with van der Waals surface area (Å²) in [6.07, 6.45) is 2.97. The minimum absolute atomic E-state index is 0.0703. The minimum Gasteiger partial charge on any atom is -0.460 e. The van der Waals surface area contributed by atoms with E-state index in [0.717, 1.165) is 5.52 Å². The Morgan fingerprint density at radius 2 is 2.16 bits per heavy atom. The van der Waals surface area contributed by atoms with Crippen molar-refractivity contribution in [3.8, 4) is 0 Å². The van der Waals surface area contributed by atoms with E-state index in [1.165, 1.54) is 17.0 Å². The Labute approximate surface area is 148 Å². The second kappa shape index (κ2) is 6.94. The highest BCUT2D eigenvalue weighted by atomic mass is 35.5. The van der Waals surface area contributed by atoms with Crippen molar-refractivity contribution in [2.24, 2.45) is 7.05 Å². The van der Waals surface area contributed by atoms with Crippen LogP contribution in [0.15, 0.2) is 30.6 Å². The zero-order valence-corrected chi connectivity index (χ0v) is 14.4. The summed E-state index contributed by atoms with van der Waals surface area (Å²) >= 11 is 6.22. The van der Waals surface area contributed by atoms with Gasteiger partial charge in [0, 0.05) is 19.4 Å². The summed E-state index contributed by atoms with van der Waals surface area (Å²) in [5, 5.41) is 8.18. The molecule has 0 bridgehead atoms. The maximum absolute atomic E-state index is 12.4. The van der Waals surface area contributed by atoms with Crippen LogP contribution in [0.1, 0.15) is 17.5 Å². The largest absolute Gasteiger partial charge is 0.460 e. The molecule has 0 aliphatic rings. The van der Waals surface area contributed by atoms with Gasteiger partial charge in [-0.2, -0.15) is 5.10 Å². The standard InChI is InChI=1S/C16H16ClN5O3/c1-3-25-16(24)15-18-7-8-22(15)9-12(23)19-14-13-10(17)5-4-6-11(13)21(2)20-14/h4-8H,3,9H2,1-2H3,(H,19,20,23). The van der Waals surface area contributed by atoms with E-state index >= 15 is 0 Å². The number of halogens is 1. The Kier molecular flexibility index (Phi) is 4.71. The summed E-state index contributed by atoms with van der Waals surface area (Å²) in [7, 11) is 1.77. The average Bonchev–Trinajstić information content (AvgIpc) is 3.14. The Bertz CT molecular complexity index is 947.